The van der Waals surface area contributed by atoms with E-state index in [4.69, 9.17) is 27.9 Å². The van der Waals surface area contributed by atoms with Crippen LogP contribution in [0.1, 0.15) is 24.8 Å². The van der Waals surface area contributed by atoms with Crippen LogP contribution in [0.3, 0.4) is 0 Å². The average molecular weight is 515 g/mol. The van der Waals surface area contributed by atoms with Crippen LogP contribution in [0.5, 0.6) is 0 Å². The van der Waals surface area contributed by atoms with Crippen LogP contribution in [0.4, 0.5) is 5.69 Å². The molecular weight excluding hydrogens is 491 g/mol. The molecule has 0 spiro atoms. The second kappa shape index (κ2) is 9.63. The van der Waals surface area contributed by atoms with Crippen molar-refractivity contribution in [2.24, 2.45) is 23.7 Å². The number of ether oxygens (including phenoxy) is 1. The third-order valence-electron chi connectivity index (χ3n) is 7.39. The standard InChI is InChI=1S/C26H24Cl2N2O5/c27-17-7-4-8-18(23(17)28)29-20(31)13-35-26(34)19(11-14-5-2-1-3-6-14)30-24(32)21-15-9-10-16(12-15)22(21)25(30)33/h1-8,15-16,19,21-22H,9-13H2,(H,29,31)/t15-,16-,19-,21+,22+/m0/s1. The highest BCUT2D eigenvalue weighted by Gasteiger charge is 2.62. The summed E-state index contributed by atoms with van der Waals surface area (Å²) in [6.45, 7) is -0.596. The van der Waals surface area contributed by atoms with Crippen molar-refractivity contribution in [1.82, 2.24) is 4.90 Å². The number of hydrogen-bond donors (Lipinski definition) is 1. The summed E-state index contributed by atoms with van der Waals surface area (Å²) < 4.78 is 5.31. The van der Waals surface area contributed by atoms with Crippen molar-refractivity contribution in [2.75, 3.05) is 11.9 Å². The Kier molecular flexibility index (Phi) is 6.55. The molecule has 2 aliphatic carbocycles. The summed E-state index contributed by atoms with van der Waals surface area (Å²) in [4.78, 5) is 53.5. The molecule has 2 saturated carbocycles. The number of fused-ring (bicyclic) bond motifs is 5. The van der Waals surface area contributed by atoms with Gasteiger partial charge in [0.2, 0.25) is 11.8 Å². The minimum atomic E-state index is -1.13. The van der Waals surface area contributed by atoms with Crippen LogP contribution in [0.15, 0.2) is 48.5 Å². The summed E-state index contributed by atoms with van der Waals surface area (Å²) in [7, 11) is 0. The maximum absolute atomic E-state index is 13.4. The minimum Gasteiger partial charge on any atom is -0.454 e. The fourth-order valence-corrected chi connectivity index (χ4v) is 6.22. The number of likely N-dealkylation sites (tertiary alicyclic amines) is 1. The number of hydrogen-bond acceptors (Lipinski definition) is 5. The molecule has 2 aromatic carbocycles. The number of nitrogens with zero attached hydrogens (tertiary/aromatic N) is 1. The molecule has 0 radical (unpaired) electrons. The summed E-state index contributed by atoms with van der Waals surface area (Å²) in [6.07, 6.45) is 2.91. The number of anilines is 1. The maximum Gasteiger partial charge on any atom is 0.330 e. The fraction of sp³-hybridized carbons (Fsp3) is 0.385. The van der Waals surface area contributed by atoms with Crippen LogP contribution in [0.25, 0.3) is 0 Å². The van der Waals surface area contributed by atoms with Crippen molar-refractivity contribution in [1.29, 1.82) is 0 Å². The average Bonchev–Trinajstić information content (AvgIpc) is 3.53. The molecule has 5 rings (SSSR count). The number of halogens is 2. The molecule has 182 valence electrons. The summed E-state index contributed by atoms with van der Waals surface area (Å²) in [5.74, 6) is -2.28. The van der Waals surface area contributed by atoms with E-state index < -0.39 is 24.5 Å². The van der Waals surface area contributed by atoms with Gasteiger partial charge in [-0.2, -0.15) is 0 Å². The van der Waals surface area contributed by atoms with Crippen LogP contribution < -0.4 is 5.32 Å². The molecule has 3 fully saturated rings. The van der Waals surface area contributed by atoms with E-state index in [9.17, 15) is 19.2 Å². The third kappa shape index (κ3) is 4.43. The molecule has 2 aromatic rings. The largest absolute Gasteiger partial charge is 0.454 e. The Hall–Kier alpha value is -2.90. The van der Waals surface area contributed by atoms with Crippen molar-refractivity contribution < 1.29 is 23.9 Å². The smallest absolute Gasteiger partial charge is 0.330 e. The second-order valence-electron chi connectivity index (χ2n) is 9.39. The van der Waals surface area contributed by atoms with Gasteiger partial charge >= 0.3 is 5.97 Å². The van der Waals surface area contributed by atoms with Gasteiger partial charge in [-0.1, -0.05) is 59.6 Å². The van der Waals surface area contributed by atoms with E-state index in [0.717, 1.165) is 29.7 Å². The Morgan fingerprint density at radius 2 is 1.63 bits per heavy atom. The molecule has 9 heteroatoms. The first-order valence-electron chi connectivity index (χ1n) is 11.7. The predicted molar refractivity (Wildman–Crippen MR) is 130 cm³/mol. The fourth-order valence-electron chi connectivity index (χ4n) is 5.88. The van der Waals surface area contributed by atoms with Crippen molar-refractivity contribution in [3.05, 3.63) is 64.1 Å². The molecule has 1 N–H and O–H groups in total. The molecule has 1 saturated heterocycles. The van der Waals surface area contributed by atoms with Gasteiger partial charge in [-0.25, -0.2) is 4.79 Å². The van der Waals surface area contributed by atoms with Crippen molar-refractivity contribution in [2.45, 2.75) is 31.7 Å². The van der Waals surface area contributed by atoms with Gasteiger partial charge in [-0.15, -0.1) is 0 Å². The number of carbonyl (C=O) groups is 4. The first-order valence-corrected chi connectivity index (χ1v) is 12.4. The van der Waals surface area contributed by atoms with E-state index in [1.807, 2.05) is 30.3 Å². The van der Waals surface area contributed by atoms with Gasteiger partial charge in [0, 0.05) is 6.42 Å². The van der Waals surface area contributed by atoms with E-state index in [-0.39, 0.29) is 57.6 Å². The molecule has 2 bridgehead atoms. The summed E-state index contributed by atoms with van der Waals surface area (Å²) in [6, 6.07) is 12.8. The molecule has 3 aliphatic rings. The Morgan fingerprint density at radius 1 is 0.971 bits per heavy atom. The quantitative estimate of drug-likeness (QED) is 0.443. The normalized spacial score (nSPS) is 25.5. The van der Waals surface area contributed by atoms with Crippen LogP contribution in [0, 0.1) is 23.7 Å². The van der Waals surface area contributed by atoms with Gasteiger partial charge in [-0.3, -0.25) is 19.3 Å². The SMILES string of the molecule is O=C(COC(=O)[C@H](Cc1ccccc1)N1C(=O)[C@@H]2[C@H]3CC[C@@H](C3)[C@H]2C1=O)Nc1cccc(Cl)c1Cl. The van der Waals surface area contributed by atoms with E-state index in [2.05, 4.69) is 5.32 Å². The molecule has 3 amide bonds. The zero-order chi connectivity index (χ0) is 24.7. The Bertz CT molecular complexity index is 1160. The molecule has 7 nitrogen and oxygen atoms in total. The molecule has 5 atom stereocenters. The first kappa shape index (κ1) is 23.8. The first-order chi connectivity index (χ1) is 16.8. The summed E-state index contributed by atoms with van der Waals surface area (Å²) in [5.41, 5.74) is 1.07. The van der Waals surface area contributed by atoms with Crippen molar-refractivity contribution in [3.8, 4) is 0 Å². The Morgan fingerprint density at radius 3 is 2.29 bits per heavy atom. The monoisotopic (exact) mass is 514 g/mol. The highest BCUT2D eigenvalue weighted by molar-refractivity contribution is 6.44. The van der Waals surface area contributed by atoms with E-state index >= 15 is 0 Å². The molecule has 0 aromatic heterocycles. The van der Waals surface area contributed by atoms with Crippen LogP contribution in [-0.4, -0.2) is 41.2 Å². The van der Waals surface area contributed by atoms with Crippen molar-refractivity contribution >= 4 is 52.6 Å². The lowest BCUT2D eigenvalue weighted by atomic mass is 9.81. The molecular formula is C26H24Cl2N2O5. The van der Waals surface area contributed by atoms with Gasteiger partial charge in [0.15, 0.2) is 6.61 Å². The third-order valence-corrected chi connectivity index (χ3v) is 8.21. The minimum absolute atomic E-state index is 0.119. The zero-order valence-electron chi connectivity index (χ0n) is 18.8. The second-order valence-corrected chi connectivity index (χ2v) is 10.2. The van der Waals surface area contributed by atoms with E-state index in [0.29, 0.717) is 0 Å². The Balaban J connectivity index is 1.32. The van der Waals surface area contributed by atoms with Crippen molar-refractivity contribution in [3.63, 3.8) is 0 Å². The van der Waals surface area contributed by atoms with Gasteiger partial charge in [0.1, 0.15) is 6.04 Å². The number of imide groups is 1. The number of esters is 1. The number of nitrogens with one attached hydrogen (secondary N) is 1. The van der Waals surface area contributed by atoms with Crippen LogP contribution in [-0.2, 0) is 30.3 Å². The summed E-state index contributed by atoms with van der Waals surface area (Å²) in [5, 5.41) is 3.00. The molecule has 35 heavy (non-hydrogen) atoms. The molecule has 1 heterocycles. The number of benzene rings is 2. The number of amides is 3. The highest BCUT2D eigenvalue weighted by atomic mass is 35.5. The van der Waals surface area contributed by atoms with E-state index in [1.54, 1.807) is 18.2 Å². The number of rotatable bonds is 7. The number of carbonyl (C=O) groups excluding carboxylic acids is 4. The lowest BCUT2D eigenvalue weighted by Gasteiger charge is -2.26. The molecule has 1 aliphatic heterocycles. The lowest BCUT2D eigenvalue weighted by Crippen LogP contribution is -2.48. The van der Waals surface area contributed by atoms with Crippen LogP contribution >= 0.6 is 23.2 Å². The topological polar surface area (TPSA) is 92.8 Å². The Labute approximate surface area is 212 Å². The van der Waals surface area contributed by atoms with Gasteiger partial charge < -0.3 is 10.1 Å². The van der Waals surface area contributed by atoms with Gasteiger partial charge in [-0.05, 0) is 48.8 Å². The lowest BCUT2D eigenvalue weighted by molar-refractivity contribution is -0.160. The predicted octanol–water partition coefficient (Wildman–Crippen LogP) is 4.12. The zero-order valence-corrected chi connectivity index (χ0v) is 20.3. The van der Waals surface area contributed by atoms with Gasteiger partial charge in [0.05, 0.1) is 27.6 Å². The summed E-state index contributed by atoms with van der Waals surface area (Å²) >= 11 is 12.1. The molecule has 0 unspecified atom stereocenters. The van der Waals surface area contributed by atoms with Crippen LogP contribution in [0.2, 0.25) is 10.0 Å². The highest BCUT2D eigenvalue weighted by Crippen LogP contribution is 2.56. The maximum atomic E-state index is 13.4. The van der Waals surface area contributed by atoms with E-state index in [1.165, 1.54) is 0 Å². The van der Waals surface area contributed by atoms with Gasteiger partial charge in [0.25, 0.3) is 5.91 Å².